The Balaban J connectivity index is 1.86. The van der Waals surface area contributed by atoms with Gasteiger partial charge in [-0.25, -0.2) is 0 Å². The van der Waals surface area contributed by atoms with E-state index < -0.39 is 0 Å². The summed E-state index contributed by atoms with van der Waals surface area (Å²) in [7, 11) is 6.11. The third-order valence-electron chi connectivity index (χ3n) is 7.28. The number of aryl methyl sites for hydroxylation is 1. The number of carbonyl (C=O) groups is 1. The van der Waals surface area contributed by atoms with Crippen molar-refractivity contribution in [2.45, 2.75) is 65.1 Å². The van der Waals surface area contributed by atoms with Crippen LogP contribution in [0.25, 0.3) is 6.08 Å². The Morgan fingerprint density at radius 2 is 1.85 bits per heavy atom. The quantitative estimate of drug-likeness (QED) is 0.641. The molecule has 0 bridgehead atoms. The summed E-state index contributed by atoms with van der Waals surface area (Å²) in [6.07, 6.45) is 6.46. The Morgan fingerprint density at radius 1 is 1.21 bits per heavy atom. The molecular formula is C26H39N5O2. The van der Waals surface area contributed by atoms with Gasteiger partial charge in [-0.3, -0.25) is 19.4 Å². The number of nitrogens with one attached hydrogen (secondary N) is 2. The first-order valence-corrected chi connectivity index (χ1v) is 11.9. The maximum absolute atomic E-state index is 13.2. The van der Waals surface area contributed by atoms with E-state index in [0.717, 1.165) is 41.9 Å². The lowest BCUT2D eigenvalue weighted by atomic mass is 9.88. The van der Waals surface area contributed by atoms with Crippen LogP contribution in [0.5, 0.6) is 0 Å². The Morgan fingerprint density at radius 3 is 2.36 bits per heavy atom. The SMILES string of the molecule is C=Cc1cc(C(=O)NCc2c(C)n(C)[nH]c2=O)c(C)c(N(CC)[C@H]2CC[C@H](N(C)C)CC2)c1. The molecule has 0 unspecified atom stereocenters. The standard InChI is InChI=1S/C26H39N5O2/c1-8-19-14-22(25(32)27-16-23-18(4)30(7)28-26(23)33)17(3)24(15-19)31(9-2)21-12-10-20(11-13-21)29(5)6/h8,14-15,20-21H,1,9-13,16H2,2-7H3,(H,27,32)(H,28,33)/t20-,21-. The topological polar surface area (TPSA) is 73.4 Å². The van der Waals surface area contributed by atoms with Crippen molar-refractivity contribution in [3.05, 3.63) is 57.0 Å². The average molecular weight is 454 g/mol. The second kappa shape index (κ2) is 10.4. The fourth-order valence-electron chi connectivity index (χ4n) is 5.03. The van der Waals surface area contributed by atoms with Crippen LogP contribution in [0.3, 0.4) is 0 Å². The van der Waals surface area contributed by atoms with Gasteiger partial charge in [-0.2, -0.15) is 0 Å². The molecule has 1 aromatic heterocycles. The minimum absolute atomic E-state index is 0.168. The monoisotopic (exact) mass is 453 g/mol. The van der Waals surface area contributed by atoms with E-state index in [-0.39, 0.29) is 18.0 Å². The number of rotatable bonds is 8. The highest BCUT2D eigenvalue weighted by molar-refractivity contribution is 5.98. The van der Waals surface area contributed by atoms with E-state index in [4.69, 9.17) is 0 Å². The molecule has 0 aliphatic heterocycles. The van der Waals surface area contributed by atoms with Gasteiger partial charge in [-0.15, -0.1) is 0 Å². The Kier molecular flexibility index (Phi) is 7.84. The number of carbonyl (C=O) groups excluding carboxylic acids is 1. The summed E-state index contributed by atoms with van der Waals surface area (Å²) in [6.45, 7) is 11.1. The van der Waals surface area contributed by atoms with Gasteiger partial charge in [-0.1, -0.05) is 12.7 Å². The van der Waals surface area contributed by atoms with Gasteiger partial charge < -0.3 is 15.1 Å². The molecule has 3 rings (SSSR count). The van der Waals surface area contributed by atoms with E-state index in [1.807, 2.05) is 19.9 Å². The van der Waals surface area contributed by atoms with Gasteiger partial charge in [0.2, 0.25) is 0 Å². The van der Waals surface area contributed by atoms with E-state index in [2.05, 4.69) is 53.9 Å². The normalized spacial score (nSPS) is 18.4. The zero-order chi connectivity index (χ0) is 24.3. The van der Waals surface area contributed by atoms with Crippen LogP contribution >= 0.6 is 0 Å². The van der Waals surface area contributed by atoms with Crippen molar-refractivity contribution in [2.75, 3.05) is 25.5 Å². The molecule has 2 aromatic rings. The molecular weight excluding hydrogens is 414 g/mol. The lowest BCUT2D eigenvalue weighted by Gasteiger charge is -2.40. The largest absolute Gasteiger partial charge is 0.369 e. The van der Waals surface area contributed by atoms with Gasteiger partial charge in [0, 0.05) is 42.6 Å². The molecule has 1 aliphatic carbocycles. The van der Waals surface area contributed by atoms with Crippen LogP contribution in [-0.4, -0.2) is 53.3 Å². The van der Waals surface area contributed by atoms with Crippen LogP contribution in [0.2, 0.25) is 0 Å². The number of nitrogens with zero attached hydrogens (tertiary/aromatic N) is 3. The van der Waals surface area contributed by atoms with Crippen LogP contribution in [0.4, 0.5) is 5.69 Å². The fraction of sp³-hybridized carbons (Fsp3) is 0.538. The predicted molar refractivity (Wildman–Crippen MR) is 136 cm³/mol. The molecule has 1 fully saturated rings. The fourth-order valence-corrected chi connectivity index (χ4v) is 5.03. The first-order chi connectivity index (χ1) is 15.7. The summed E-state index contributed by atoms with van der Waals surface area (Å²) in [6, 6.07) is 5.14. The summed E-state index contributed by atoms with van der Waals surface area (Å²) in [4.78, 5) is 30.1. The Labute approximate surface area is 197 Å². The number of hydrogen-bond donors (Lipinski definition) is 2. The van der Waals surface area contributed by atoms with E-state index in [9.17, 15) is 9.59 Å². The van der Waals surface area contributed by atoms with Gasteiger partial charge in [0.1, 0.15) is 0 Å². The molecule has 1 aliphatic rings. The van der Waals surface area contributed by atoms with Crippen molar-refractivity contribution in [2.24, 2.45) is 7.05 Å². The van der Waals surface area contributed by atoms with Gasteiger partial charge in [0.05, 0.1) is 12.1 Å². The Hall–Kier alpha value is -2.80. The van der Waals surface area contributed by atoms with Crippen LogP contribution in [-0.2, 0) is 13.6 Å². The molecule has 1 aromatic carbocycles. The number of amides is 1. The highest BCUT2D eigenvalue weighted by atomic mass is 16.2. The highest BCUT2D eigenvalue weighted by Crippen LogP contribution is 2.33. The highest BCUT2D eigenvalue weighted by Gasteiger charge is 2.28. The number of benzene rings is 1. The molecule has 0 atom stereocenters. The van der Waals surface area contributed by atoms with Crippen molar-refractivity contribution >= 4 is 17.7 Å². The number of aromatic nitrogens is 2. The molecule has 1 heterocycles. The maximum Gasteiger partial charge on any atom is 0.269 e. The minimum Gasteiger partial charge on any atom is -0.369 e. The molecule has 180 valence electrons. The molecule has 0 radical (unpaired) electrons. The summed E-state index contributed by atoms with van der Waals surface area (Å²) in [5.74, 6) is -0.174. The third-order valence-corrected chi connectivity index (χ3v) is 7.28. The van der Waals surface area contributed by atoms with E-state index in [0.29, 0.717) is 23.2 Å². The van der Waals surface area contributed by atoms with Crippen molar-refractivity contribution in [1.82, 2.24) is 20.0 Å². The third kappa shape index (κ3) is 5.24. The number of hydrogen-bond acceptors (Lipinski definition) is 4. The number of anilines is 1. The van der Waals surface area contributed by atoms with Crippen LogP contribution in [0.15, 0.2) is 23.5 Å². The first kappa shape index (κ1) is 24.8. The number of H-pyrrole nitrogens is 1. The summed E-state index contributed by atoms with van der Waals surface area (Å²) < 4.78 is 1.68. The summed E-state index contributed by atoms with van der Waals surface area (Å²) in [5.41, 5.74) is 4.86. The molecule has 2 N–H and O–H groups in total. The van der Waals surface area contributed by atoms with Crippen molar-refractivity contribution < 1.29 is 4.79 Å². The van der Waals surface area contributed by atoms with E-state index >= 15 is 0 Å². The number of aromatic amines is 1. The van der Waals surface area contributed by atoms with E-state index in [1.165, 1.54) is 12.8 Å². The molecule has 7 heteroatoms. The molecule has 7 nitrogen and oxygen atoms in total. The Bertz CT molecular complexity index is 1060. The minimum atomic E-state index is -0.174. The first-order valence-electron chi connectivity index (χ1n) is 11.9. The van der Waals surface area contributed by atoms with Gasteiger partial charge >= 0.3 is 0 Å². The molecule has 1 amide bonds. The van der Waals surface area contributed by atoms with Crippen molar-refractivity contribution in [3.8, 4) is 0 Å². The van der Waals surface area contributed by atoms with Crippen molar-refractivity contribution in [1.29, 1.82) is 0 Å². The average Bonchev–Trinajstić information content (AvgIpc) is 3.04. The summed E-state index contributed by atoms with van der Waals surface area (Å²) >= 11 is 0. The van der Waals surface area contributed by atoms with Crippen LogP contribution in [0.1, 0.15) is 65.3 Å². The zero-order valence-corrected chi connectivity index (χ0v) is 21.0. The van der Waals surface area contributed by atoms with Gasteiger partial charge in [0.25, 0.3) is 11.5 Å². The van der Waals surface area contributed by atoms with Gasteiger partial charge in [0.15, 0.2) is 0 Å². The van der Waals surface area contributed by atoms with Crippen LogP contribution < -0.4 is 15.8 Å². The molecule has 33 heavy (non-hydrogen) atoms. The summed E-state index contributed by atoms with van der Waals surface area (Å²) in [5, 5.41) is 5.69. The maximum atomic E-state index is 13.2. The van der Waals surface area contributed by atoms with E-state index in [1.54, 1.807) is 17.8 Å². The van der Waals surface area contributed by atoms with Gasteiger partial charge in [-0.05, 0) is 83.8 Å². The molecule has 0 saturated heterocycles. The molecule has 0 spiro atoms. The zero-order valence-electron chi connectivity index (χ0n) is 21.0. The molecule has 1 saturated carbocycles. The predicted octanol–water partition coefficient (Wildman–Crippen LogP) is 3.60. The lowest BCUT2D eigenvalue weighted by molar-refractivity contribution is 0.0950. The second-order valence-corrected chi connectivity index (χ2v) is 9.38. The van der Waals surface area contributed by atoms with Crippen molar-refractivity contribution in [3.63, 3.8) is 0 Å². The van der Waals surface area contributed by atoms with Crippen LogP contribution in [0, 0.1) is 13.8 Å². The lowest BCUT2D eigenvalue weighted by Crippen LogP contribution is -2.42. The second-order valence-electron chi connectivity index (χ2n) is 9.38. The smallest absolute Gasteiger partial charge is 0.269 e.